The van der Waals surface area contributed by atoms with Gasteiger partial charge >= 0.3 is 0 Å². The molecule has 1 heterocycles. The van der Waals surface area contributed by atoms with Gasteiger partial charge in [-0.1, -0.05) is 30.3 Å². The SMILES string of the molecule is CN(Cc1ccc2c(c1)OCO2)C(N)=Nc1ccc2c3c(cccc13)CC2. The molecule has 3 aromatic rings. The molecule has 0 aromatic heterocycles. The van der Waals surface area contributed by atoms with Crippen molar-refractivity contribution in [1.82, 2.24) is 4.90 Å². The number of nitrogens with zero attached hydrogens (tertiary/aromatic N) is 2. The summed E-state index contributed by atoms with van der Waals surface area (Å²) in [5, 5.41) is 2.53. The highest BCUT2D eigenvalue weighted by atomic mass is 16.7. The lowest BCUT2D eigenvalue weighted by Crippen LogP contribution is -2.33. The molecule has 5 heteroatoms. The van der Waals surface area contributed by atoms with Gasteiger partial charge < -0.3 is 20.1 Å². The van der Waals surface area contributed by atoms with E-state index in [1.165, 1.54) is 21.9 Å². The second kappa shape index (κ2) is 6.20. The Morgan fingerprint density at radius 1 is 1.04 bits per heavy atom. The number of benzene rings is 3. The first kappa shape index (κ1) is 16.0. The van der Waals surface area contributed by atoms with Crippen molar-refractivity contribution in [2.24, 2.45) is 10.7 Å². The fourth-order valence-electron chi connectivity index (χ4n) is 3.93. The van der Waals surface area contributed by atoms with Gasteiger partial charge in [-0.15, -0.1) is 0 Å². The van der Waals surface area contributed by atoms with E-state index in [2.05, 4.69) is 30.3 Å². The van der Waals surface area contributed by atoms with E-state index < -0.39 is 0 Å². The Morgan fingerprint density at radius 3 is 2.74 bits per heavy atom. The standard InChI is InChI=1S/C22H21N3O2/c1-25(12-14-5-10-19-20(11-14)27-13-26-19)22(23)24-18-9-8-16-7-6-15-3-2-4-17(18)21(15)16/h2-5,8-11H,6-7,12-13H2,1H3,(H2,23,24). The van der Waals surface area contributed by atoms with Crippen LogP contribution in [0.1, 0.15) is 16.7 Å². The number of aryl methyl sites for hydroxylation is 2. The van der Waals surface area contributed by atoms with Gasteiger partial charge in [0.1, 0.15) is 0 Å². The predicted molar refractivity (Wildman–Crippen MR) is 107 cm³/mol. The van der Waals surface area contributed by atoms with Crippen LogP contribution in [0.15, 0.2) is 53.5 Å². The van der Waals surface area contributed by atoms with Gasteiger partial charge in [-0.2, -0.15) is 0 Å². The number of nitrogens with two attached hydrogens (primary N) is 1. The van der Waals surface area contributed by atoms with E-state index in [1.54, 1.807) is 0 Å². The van der Waals surface area contributed by atoms with Crippen molar-refractivity contribution >= 4 is 22.4 Å². The van der Waals surface area contributed by atoms with E-state index in [-0.39, 0.29) is 6.79 Å². The lowest BCUT2D eigenvalue weighted by Gasteiger charge is -2.18. The largest absolute Gasteiger partial charge is 0.454 e. The summed E-state index contributed by atoms with van der Waals surface area (Å²) in [6.07, 6.45) is 2.22. The lowest BCUT2D eigenvalue weighted by atomic mass is 10.0. The van der Waals surface area contributed by atoms with E-state index in [9.17, 15) is 0 Å². The van der Waals surface area contributed by atoms with E-state index >= 15 is 0 Å². The van der Waals surface area contributed by atoms with Crippen molar-refractivity contribution in [3.8, 4) is 11.5 Å². The predicted octanol–water partition coefficient (Wildman–Crippen LogP) is 3.75. The van der Waals surface area contributed by atoms with Crippen LogP contribution in [0.25, 0.3) is 10.8 Å². The topological polar surface area (TPSA) is 60.1 Å². The highest BCUT2D eigenvalue weighted by Crippen LogP contribution is 2.36. The molecule has 0 unspecified atom stereocenters. The first-order valence-electron chi connectivity index (χ1n) is 9.16. The molecular weight excluding hydrogens is 338 g/mol. The second-order valence-electron chi connectivity index (χ2n) is 7.10. The molecule has 0 fully saturated rings. The fraction of sp³-hybridized carbons (Fsp3) is 0.227. The zero-order valence-electron chi connectivity index (χ0n) is 15.2. The van der Waals surface area contributed by atoms with Crippen LogP contribution in [0.3, 0.4) is 0 Å². The molecule has 0 bridgehead atoms. The van der Waals surface area contributed by atoms with Gasteiger partial charge in [0.05, 0.1) is 5.69 Å². The third-order valence-electron chi connectivity index (χ3n) is 5.34. The quantitative estimate of drug-likeness (QED) is 0.572. The van der Waals surface area contributed by atoms with Crippen LogP contribution in [0, 0.1) is 0 Å². The number of ether oxygens (including phenoxy) is 2. The van der Waals surface area contributed by atoms with Crippen LogP contribution >= 0.6 is 0 Å². The maximum absolute atomic E-state index is 6.31. The Morgan fingerprint density at radius 2 is 1.85 bits per heavy atom. The first-order chi connectivity index (χ1) is 13.2. The minimum atomic E-state index is 0.281. The van der Waals surface area contributed by atoms with E-state index in [0.717, 1.165) is 35.6 Å². The minimum absolute atomic E-state index is 0.281. The summed E-state index contributed by atoms with van der Waals surface area (Å²) in [5.74, 6) is 2.06. The molecule has 27 heavy (non-hydrogen) atoms. The molecule has 5 nitrogen and oxygen atoms in total. The van der Waals surface area contributed by atoms with Crippen LogP contribution < -0.4 is 15.2 Å². The summed E-state index contributed by atoms with van der Waals surface area (Å²) in [6, 6.07) is 16.7. The molecule has 0 saturated heterocycles. The highest BCUT2D eigenvalue weighted by molar-refractivity contribution is 6.00. The number of rotatable bonds is 3. The normalized spacial score (nSPS) is 14.8. The number of aliphatic imine (C=N–C) groups is 1. The van der Waals surface area contributed by atoms with Crippen LogP contribution in [0.4, 0.5) is 5.69 Å². The summed E-state index contributed by atoms with van der Waals surface area (Å²) >= 11 is 0. The van der Waals surface area contributed by atoms with Crippen molar-refractivity contribution in [3.05, 3.63) is 65.2 Å². The van der Waals surface area contributed by atoms with Gasteiger partial charge in [-0.05, 0) is 53.1 Å². The number of hydrogen-bond acceptors (Lipinski definition) is 3. The van der Waals surface area contributed by atoms with Gasteiger partial charge in [0.15, 0.2) is 17.5 Å². The van der Waals surface area contributed by atoms with Crippen molar-refractivity contribution < 1.29 is 9.47 Å². The molecule has 1 aliphatic carbocycles. The average Bonchev–Trinajstić information content (AvgIpc) is 3.31. The Hall–Kier alpha value is -3.21. The second-order valence-corrected chi connectivity index (χ2v) is 7.10. The lowest BCUT2D eigenvalue weighted by molar-refractivity contribution is 0.174. The molecule has 136 valence electrons. The molecule has 3 aromatic carbocycles. The summed E-state index contributed by atoms with van der Waals surface area (Å²) in [7, 11) is 1.95. The molecule has 0 radical (unpaired) electrons. The third kappa shape index (κ3) is 2.76. The van der Waals surface area contributed by atoms with Crippen molar-refractivity contribution in [3.63, 3.8) is 0 Å². The average molecular weight is 359 g/mol. The van der Waals surface area contributed by atoms with Gasteiger partial charge in [-0.3, -0.25) is 0 Å². The van der Waals surface area contributed by atoms with E-state index in [1.807, 2.05) is 30.1 Å². The fourth-order valence-corrected chi connectivity index (χ4v) is 3.93. The molecule has 0 amide bonds. The summed E-state index contributed by atoms with van der Waals surface area (Å²) in [6.45, 7) is 0.927. The van der Waals surface area contributed by atoms with Crippen molar-refractivity contribution in [2.45, 2.75) is 19.4 Å². The minimum Gasteiger partial charge on any atom is -0.454 e. The molecule has 0 saturated carbocycles. The smallest absolute Gasteiger partial charge is 0.231 e. The first-order valence-corrected chi connectivity index (χ1v) is 9.16. The molecule has 2 N–H and O–H groups in total. The van der Waals surface area contributed by atoms with Gasteiger partial charge in [0, 0.05) is 19.0 Å². The van der Waals surface area contributed by atoms with Crippen LogP contribution in [0.2, 0.25) is 0 Å². The van der Waals surface area contributed by atoms with Gasteiger partial charge in [0.2, 0.25) is 6.79 Å². The molecule has 1 aliphatic heterocycles. The maximum Gasteiger partial charge on any atom is 0.231 e. The number of guanidine groups is 1. The van der Waals surface area contributed by atoms with Crippen LogP contribution in [-0.4, -0.2) is 24.7 Å². The molecule has 0 atom stereocenters. The molecular formula is C22H21N3O2. The molecule has 0 spiro atoms. The molecule has 5 rings (SSSR count). The zero-order valence-corrected chi connectivity index (χ0v) is 15.2. The van der Waals surface area contributed by atoms with E-state index in [0.29, 0.717) is 12.5 Å². The monoisotopic (exact) mass is 359 g/mol. The number of hydrogen-bond donors (Lipinski definition) is 1. The van der Waals surface area contributed by atoms with Crippen LogP contribution in [-0.2, 0) is 19.4 Å². The van der Waals surface area contributed by atoms with E-state index in [4.69, 9.17) is 20.2 Å². The highest BCUT2D eigenvalue weighted by Gasteiger charge is 2.17. The Kier molecular flexibility index (Phi) is 3.67. The summed E-state index contributed by atoms with van der Waals surface area (Å²) in [4.78, 5) is 6.68. The van der Waals surface area contributed by atoms with Crippen molar-refractivity contribution in [1.29, 1.82) is 0 Å². The third-order valence-corrected chi connectivity index (χ3v) is 5.34. The summed E-state index contributed by atoms with van der Waals surface area (Å²) < 4.78 is 10.8. The maximum atomic E-state index is 6.31. The van der Waals surface area contributed by atoms with Gasteiger partial charge in [-0.25, -0.2) is 4.99 Å². The Labute approximate surface area is 158 Å². The number of fused-ring (bicyclic) bond motifs is 1. The zero-order chi connectivity index (χ0) is 18.4. The van der Waals surface area contributed by atoms with Crippen LogP contribution in [0.5, 0.6) is 11.5 Å². The van der Waals surface area contributed by atoms with Crippen molar-refractivity contribution in [2.75, 3.05) is 13.8 Å². The Balaban J connectivity index is 1.43. The molecule has 2 aliphatic rings. The van der Waals surface area contributed by atoms with Gasteiger partial charge in [0.25, 0.3) is 0 Å². The summed E-state index contributed by atoms with van der Waals surface area (Å²) in [5.41, 5.74) is 11.2. The Bertz CT molecular complexity index is 1060.